The normalized spacial score (nSPS) is 15.0. The minimum Gasteiger partial charge on any atom is -0.378 e. The molecule has 6 heteroatoms. The van der Waals surface area contributed by atoms with Crippen molar-refractivity contribution in [2.24, 2.45) is 0 Å². The van der Waals surface area contributed by atoms with Crippen LogP contribution in [0.1, 0.15) is 18.9 Å². The van der Waals surface area contributed by atoms with Crippen molar-refractivity contribution in [3.8, 4) is 0 Å². The Morgan fingerprint density at radius 2 is 2.19 bits per heavy atom. The SMILES string of the molecule is CCCNCC(=O)NCc1ccc(N2CCOCC2)nc1. The van der Waals surface area contributed by atoms with Crippen LogP contribution >= 0.6 is 0 Å². The number of carbonyl (C=O) groups is 1. The van der Waals surface area contributed by atoms with Crippen LogP contribution < -0.4 is 15.5 Å². The molecule has 1 aromatic rings. The maximum absolute atomic E-state index is 11.6. The van der Waals surface area contributed by atoms with Crippen molar-refractivity contribution in [2.75, 3.05) is 44.3 Å². The number of carbonyl (C=O) groups excluding carboxylic acids is 1. The predicted octanol–water partition coefficient (Wildman–Crippen LogP) is 0.534. The molecule has 1 fully saturated rings. The molecule has 0 aliphatic carbocycles. The van der Waals surface area contributed by atoms with Crippen molar-refractivity contribution in [3.63, 3.8) is 0 Å². The highest BCUT2D eigenvalue weighted by atomic mass is 16.5. The molecule has 1 aliphatic heterocycles. The molecule has 1 aromatic heterocycles. The summed E-state index contributed by atoms with van der Waals surface area (Å²) in [6, 6.07) is 4.01. The van der Waals surface area contributed by atoms with Crippen LogP contribution in [0.3, 0.4) is 0 Å². The quantitative estimate of drug-likeness (QED) is 0.718. The molecular weight excluding hydrogens is 268 g/mol. The first-order valence-corrected chi connectivity index (χ1v) is 7.54. The third-order valence-corrected chi connectivity index (χ3v) is 3.35. The van der Waals surface area contributed by atoms with Gasteiger partial charge in [-0.15, -0.1) is 0 Å². The maximum Gasteiger partial charge on any atom is 0.234 e. The highest BCUT2D eigenvalue weighted by molar-refractivity contribution is 5.77. The summed E-state index contributed by atoms with van der Waals surface area (Å²) in [5.74, 6) is 0.985. The average Bonchev–Trinajstić information content (AvgIpc) is 2.54. The van der Waals surface area contributed by atoms with E-state index in [1.807, 2.05) is 18.3 Å². The standard InChI is InChI=1S/C15H24N4O2/c1-2-5-16-12-15(20)18-11-13-3-4-14(17-10-13)19-6-8-21-9-7-19/h3-4,10,16H,2,5-9,11-12H2,1H3,(H,18,20). The van der Waals surface area contributed by atoms with Crippen molar-refractivity contribution >= 4 is 11.7 Å². The fourth-order valence-corrected chi connectivity index (χ4v) is 2.14. The summed E-state index contributed by atoms with van der Waals surface area (Å²) in [5, 5.41) is 5.96. The number of nitrogens with one attached hydrogen (secondary N) is 2. The lowest BCUT2D eigenvalue weighted by molar-refractivity contribution is -0.120. The van der Waals surface area contributed by atoms with Gasteiger partial charge in [-0.1, -0.05) is 13.0 Å². The van der Waals surface area contributed by atoms with E-state index in [4.69, 9.17) is 4.74 Å². The van der Waals surface area contributed by atoms with E-state index in [1.54, 1.807) is 0 Å². The molecule has 6 nitrogen and oxygen atoms in total. The number of hydrogen-bond donors (Lipinski definition) is 2. The van der Waals surface area contributed by atoms with Crippen LogP contribution in [0, 0.1) is 0 Å². The van der Waals surface area contributed by atoms with E-state index < -0.39 is 0 Å². The first-order valence-electron chi connectivity index (χ1n) is 7.54. The van der Waals surface area contributed by atoms with Crippen LogP contribution in [0.4, 0.5) is 5.82 Å². The number of anilines is 1. The van der Waals surface area contributed by atoms with E-state index >= 15 is 0 Å². The van der Waals surface area contributed by atoms with E-state index in [0.29, 0.717) is 13.1 Å². The summed E-state index contributed by atoms with van der Waals surface area (Å²) in [5.41, 5.74) is 1.01. The summed E-state index contributed by atoms with van der Waals surface area (Å²) in [4.78, 5) is 18.3. The van der Waals surface area contributed by atoms with E-state index in [9.17, 15) is 4.79 Å². The molecule has 0 radical (unpaired) electrons. The summed E-state index contributed by atoms with van der Waals surface area (Å²) >= 11 is 0. The van der Waals surface area contributed by atoms with Gasteiger partial charge in [-0.25, -0.2) is 4.98 Å². The Bertz CT molecular complexity index is 430. The van der Waals surface area contributed by atoms with Crippen molar-refractivity contribution < 1.29 is 9.53 Å². The number of pyridine rings is 1. The molecule has 116 valence electrons. The monoisotopic (exact) mass is 292 g/mol. The Hall–Kier alpha value is -1.66. The molecule has 0 spiro atoms. The third-order valence-electron chi connectivity index (χ3n) is 3.35. The molecule has 0 bridgehead atoms. The first-order chi connectivity index (χ1) is 10.3. The Kier molecular flexibility index (Phi) is 6.43. The van der Waals surface area contributed by atoms with Crippen molar-refractivity contribution in [3.05, 3.63) is 23.9 Å². The molecule has 21 heavy (non-hydrogen) atoms. The highest BCUT2D eigenvalue weighted by Crippen LogP contribution is 2.12. The van der Waals surface area contributed by atoms with Gasteiger partial charge in [0.2, 0.25) is 5.91 Å². The molecular formula is C15H24N4O2. The van der Waals surface area contributed by atoms with Gasteiger partial charge in [0, 0.05) is 25.8 Å². The zero-order chi connectivity index (χ0) is 14.9. The Morgan fingerprint density at radius 1 is 1.38 bits per heavy atom. The van der Waals surface area contributed by atoms with E-state index in [2.05, 4.69) is 27.4 Å². The largest absolute Gasteiger partial charge is 0.378 e. The van der Waals surface area contributed by atoms with Gasteiger partial charge in [0.1, 0.15) is 5.82 Å². The second-order valence-corrected chi connectivity index (χ2v) is 5.08. The van der Waals surface area contributed by atoms with Gasteiger partial charge in [0.15, 0.2) is 0 Å². The number of nitrogens with zero attached hydrogens (tertiary/aromatic N) is 2. The lowest BCUT2D eigenvalue weighted by atomic mass is 10.2. The molecule has 1 saturated heterocycles. The van der Waals surface area contributed by atoms with Crippen molar-refractivity contribution in [2.45, 2.75) is 19.9 Å². The zero-order valence-corrected chi connectivity index (χ0v) is 12.6. The molecule has 2 heterocycles. The van der Waals surface area contributed by atoms with Crippen LogP contribution in [0.2, 0.25) is 0 Å². The van der Waals surface area contributed by atoms with Crippen LogP contribution in [0.15, 0.2) is 18.3 Å². The van der Waals surface area contributed by atoms with Gasteiger partial charge in [0.05, 0.1) is 19.8 Å². The van der Waals surface area contributed by atoms with Crippen LogP contribution in [0.25, 0.3) is 0 Å². The fraction of sp³-hybridized carbons (Fsp3) is 0.600. The molecule has 1 amide bonds. The molecule has 1 aliphatic rings. The predicted molar refractivity (Wildman–Crippen MR) is 82.3 cm³/mol. The number of rotatable bonds is 7. The molecule has 0 atom stereocenters. The van der Waals surface area contributed by atoms with Crippen LogP contribution in [-0.4, -0.2) is 50.3 Å². The van der Waals surface area contributed by atoms with Gasteiger partial charge in [-0.05, 0) is 24.6 Å². The fourth-order valence-electron chi connectivity index (χ4n) is 2.14. The Morgan fingerprint density at radius 3 is 2.86 bits per heavy atom. The van der Waals surface area contributed by atoms with Crippen LogP contribution in [0.5, 0.6) is 0 Å². The van der Waals surface area contributed by atoms with Gasteiger partial charge in [0.25, 0.3) is 0 Å². The van der Waals surface area contributed by atoms with E-state index in [1.165, 1.54) is 0 Å². The summed E-state index contributed by atoms with van der Waals surface area (Å²) in [6.07, 6.45) is 2.85. The second kappa shape index (κ2) is 8.59. The summed E-state index contributed by atoms with van der Waals surface area (Å²) in [7, 11) is 0. The number of ether oxygens (including phenoxy) is 1. The average molecular weight is 292 g/mol. The number of morpholine rings is 1. The molecule has 2 N–H and O–H groups in total. The Balaban J connectivity index is 1.75. The van der Waals surface area contributed by atoms with Gasteiger partial charge in [-0.3, -0.25) is 4.79 Å². The van der Waals surface area contributed by atoms with E-state index in [0.717, 1.165) is 50.7 Å². The lowest BCUT2D eigenvalue weighted by Crippen LogP contribution is -2.36. The third kappa shape index (κ3) is 5.32. The number of amides is 1. The topological polar surface area (TPSA) is 66.5 Å². The van der Waals surface area contributed by atoms with Gasteiger partial charge in [-0.2, -0.15) is 0 Å². The minimum absolute atomic E-state index is 0.0145. The molecule has 0 unspecified atom stereocenters. The second-order valence-electron chi connectivity index (χ2n) is 5.08. The molecule has 2 rings (SSSR count). The highest BCUT2D eigenvalue weighted by Gasteiger charge is 2.11. The smallest absolute Gasteiger partial charge is 0.234 e. The first kappa shape index (κ1) is 15.7. The summed E-state index contributed by atoms with van der Waals surface area (Å²) < 4.78 is 5.33. The molecule has 0 aromatic carbocycles. The van der Waals surface area contributed by atoms with Gasteiger partial charge < -0.3 is 20.3 Å². The lowest BCUT2D eigenvalue weighted by Gasteiger charge is -2.27. The Labute approximate surface area is 125 Å². The van der Waals surface area contributed by atoms with Crippen molar-refractivity contribution in [1.29, 1.82) is 0 Å². The number of hydrogen-bond acceptors (Lipinski definition) is 5. The van der Waals surface area contributed by atoms with Crippen molar-refractivity contribution in [1.82, 2.24) is 15.6 Å². The minimum atomic E-state index is 0.0145. The van der Waals surface area contributed by atoms with E-state index in [-0.39, 0.29) is 5.91 Å². The summed E-state index contributed by atoms with van der Waals surface area (Å²) in [6.45, 7) is 7.10. The van der Waals surface area contributed by atoms with Crippen LogP contribution in [-0.2, 0) is 16.1 Å². The maximum atomic E-state index is 11.6. The molecule has 0 saturated carbocycles. The van der Waals surface area contributed by atoms with Gasteiger partial charge >= 0.3 is 0 Å². The number of aromatic nitrogens is 1. The zero-order valence-electron chi connectivity index (χ0n) is 12.6.